The molecule has 4 heterocycles. The van der Waals surface area contributed by atoms with E-state index in [0.717, 1.165) is 12.8 Å². The van der Waals surface area contributed by atoms with Crippen LogP contribution in [0.2, 0.25) is 0 Å². The SMILES string of the molecule is C=C(C)[C@@H](O)CC[C@](C)(O[C@@H]1O[C@H](CO[C@@H]2OC[C@@H](O)[C@H](O)[C@H]2O)[C@@H](O)[C@H](O)[C@H]1O)[C@H]1CC[C@]2(C)[C@@H]1[C@H](O)C[C@@H]1[C@@]3(C)CC[C@H](O[C@@H]4O[C@H](CO)[C@@H](O)[C@H](O)[C@H]4O[C@@H]4O[C@H](CO)[C@@H](O)[C@H](O)[C@H]4O)C(C)(C)[C@H]3CC[C@]12C. The summed E-state index contributed by atoms with van der Waals surface area (Å²) in [6.07, 6.45) is -27.3. The smallest absolute Gasteiger partial charge is 0.187 e. The molecule has 0 bridgehead atoms. The Labute approximate surface area is 444 Å². The fraction of sp³-hybridized carbons (Fsp3) is 0.962. The fourth-order valence-corrected chi connectivity index (χ4v) is 16.0. The lowest BCUT2D eigenvalue weighted by Crippen LogP contribution is -2.68. The van der Waals surface area contributed by atoms with Crippen molar-refractivity contribution in [2.75, 3.05) is 26.4 Å². The third-order valence-corrected chi connectivity index (χ3v) is 20.8. The van der Waals surface area contributed by atoms with E-state index in [9.17, 15) is 76.6 Å². The molecule has 4 aliphatic heterocycles. The van der Waals surface area contributed by atoms with E-state index in [4.69, 9.17) is 37.9 Å². The molecule has 8 rings (SSSR count). The summed E-state index contributed by atoms with van der Waals surface area (Å²) in [5.41, 5.74) is -2.42. The molecule has 8 aliphatic rings. The van der Waals surface area contributed by atoms with Crippen molar-refractivity contribution >= 4 is 0 Å². The Hall–Kier alpha value is -1.18. The van der Waals surface area contributed by atoms with Crippen molar-refractivity contribution in [1.29, 1.82) is 0 Å². The number of aliphatic hydroxyl groups excluding tert-OH is 15. The van der Waals surface area contributed by atoms with Crippen molar-refractivity contribution in [2.24, 2.45) is 45.3 Å². The number of hydrogen-bond acceptors (Lipinski definition) is 23. The van der Waals surface area contributed by atoms with Gasteiger partial charge in [-0.2, -0.15) is 0 Å². The Kier molecular flexibility index (Phi) is 18.3. The number of hydrogen-bond donors (Lipinski definition) is 15. The lowest BCUT2D eigenvalue weighted by atomic mass is 9.35. The zero-order chi connectivity index (χ0) is 55.9. The molecule has 8 fully saturated rings. The summed E-state index contributed by atoms with van der Waals surface area (Å²) in [7, 11) is 0. The van der Waals surface area contributed by atoms with Gasteiger partial charge in [-0.05, 0) is 117 Å². The minimum absolute atomic E-state index is 0.00672. The first kappa shape index (κ1) is 60.9. The monoisotopic (exact) mass is 1090 g/mol. The summed E-state index contributed by atoms with van der Waals surface area (Å²) in [5.74, 6) is -0.690. The molecule has 0 aromatic heterocycles. The number of ether oxygens (including phenoxy) is 8. The van der Waals surface area contributed by atoms with Gasteiger partial charge in [-0.25, -0.2) is 0 Å². The van der Waals surface area contributed by atoms with Crippen LogP contribution in [0.1, 0.15) is 106 Å². The van der Waals surface area contributed by atoms with E-state index < -0.39 is 171 Å². The van der Waals surface area contributed by atoms with Crippen LogP contribution in [0.15, 0.2) is 12.2 Å². The molecule has 0 spiro atoms. The third kappa shape index (κ3) is 10.5. The highest BCUT2D eigenvalue weighted by Gasteiger charge is 2.72. The minimum atomic E-state index is -1.82. The van der Waals surface area contributed by atoms with Crippen molar-refractivity contribution in [3.8, 4) is 0 Å². The topological polar surface area (TPSA) is 377 Å². The van der Waals surface area contributed by atoms with Crippen LogP contribution in [0.5, 0.6) is 0 Å². The molecule has 0 radical (unpaired) electrons. The molecule has 4 aliphatic carbocycles. The van der Waals surface area contributed by atoms with Gasteiger partial charge in [-0.15, -0.1) is 0 Å². The molecular weight excluding hydrogens is 1000 g/mol. The predicted molar refractivity (Wildman–Crippen MR) is 262 cm³/mol. The Bertz CT molecular complexity index is 1970. The predicted octanol–water partition coefficient (Wildman–Crippen LogP) is -2.59. The van der Waals surface area contributed by atoms with Crippen LogP contribution in [0.4, 0.5) is 0 Å². The first-order valence-electron chi connectivity index (χ1n) is 27.4. The minimum Gasteiger partial charge on any atom is -0.394 e. The summed E-state index contributed by atoms with van der Waals surface area (Å²) >= 11 is 0. The van der Waals surface area contributed by atoms with E-state index in [2.05, 4.69) is 41.2 Å². The van der Waals surface area contributed by atoms with Gasteiger partial charge in [0.15, 0.2) is 25.2 Å². The highest BCUT2D eigenvalue weighted by Crippen LogP contribution is 2.76. The van der Waals surface area contributed by atoms with Gasteiger partial charge in [0.1, 0.15) is 91.6 Å². The van der Waals surface area contributed by atoms with Gasteiger partial charge in [0.05, 0.1) is 50.3 Å². The molecule has 0 aromatic rings. The van der Waals surface area contributed by atoms with Crippen LogP contribution in [0.25, 0.3) is 0 Å². The maximum Gasteiger partial charge on any atom is 0.187 e. The number of fused-ring (bicyclic) bond motifs is 5. The second-order valence-corrected chi connectivity index (χ2v) is 25.4. The van der Waals surface area contributed by atoms with E-state index in [0.29, 0.717) is 37.7 Å². The lowest BCUT2D eigenvalue weighted by molar-refractivity contribution is -0.378. The fourth-order valence-electron chi connectivity index (χ4n) is 16.0. The third-order valence-electron chi connectivity index (χ3n) is 20.8. The van der Waals surface area contributed by atoms with E-state index in [-0.39, 0.29) is 54.0 Å². The zero-order valence-corrected chi connectivity index (χ0v) is 44.9. The highest BCUT2D eigenvalue weighted by atomic mass is 16.8. The van der Waals surface area contributed by atoms with Gasteiger partial charge in [-0.1, -0.05) is 46.8 Å². The number of rotatable bonds is 16. The molecule has 23 nitrogen and oxygen atoms in total. The molecule has 23 heteroatoms. The second-order valence-electron chi connectivity index (χ2n) is 25.4. The second kappa shape index (κ2) is 22.9. The molecule has 15 N–H and O–H groups in total. The van der Waals surface area contributed by atoms with Crippen molar-refractivity contribution in [3.05, 3.63) is 12.2 Å². The Morgan fingerprint density at radius 2 is 1.18 bits per heavy atom. The highest BCUT2D eigenvalue weighted by molar-refractivity contribution is 5.20. The maximum atomic E-state index is 12.8. The molecule has 0 amide bonds. The summed E-state index contributed by atoms with van der Waals surface area (Å²) in [6, 6.07) is 0. The lowest BCUT2D eigenvalue weighted by Gasteiger charge is -2.71. The largest absolute Gasteiger partial charge is 0.394 e. The summed E-state index contributed by atoms with van der Waals surface area (Å²) in [6.45, 7) is 16.4. The summed E-state index contributed by atoms with van der Waals surface area (Å²) in [4.78, 5) is 0. The van der Waals surface area contributed by atoms with Crippen LogP contribution in [0, 0.1) is 45.3 Å². The molecular formula is C53H90O23. The maximum absolute atomic E-state index is 12.8. The van der Waals surface area contributed by atoms with Gasteiger partial charge in [0.2, 0.25) is 0 Å². The number of aliphatic hydroxyl groups is 15. The first-order chi connectivity index (χ1) is 35.5. The normalized spacial score (nSPS) is 52.7. The molecule has 4 saturated heterocycles. The van der Waals surface area contributed by atoms with Crippen LogP contribution < -0.4 is 0 Å². The van der Waals surface area contributed by atoms with E-state index in [1.807, 2.05) is 6.92 Å². The van der Waals surface area contributed by atoms with E-state index in [1.165, 1.54) is 0 Å². The van der Waals surface area contributed by atoms with Gasteiger partial charge >= 0.3 is 0 Å². The van der Waals surface area contributed by atoms with E-state index >= 15 is 0 Å². The quantitative estimate of drug-likeness (QED) is 0.0557. The Morgan fingerprint density at radius 1 is 0.618 bits per heavy atom. The average Bonchev–Trinajstić information content (AvgIpc) is 3.76. The van der Waals surface area contributed by atoms with E-state index in [1.54, 1.807) is 6.92 Å². The molecule has 0 aromatic carbocycles. The molecule has 30 atom stereocenters. The van der Waals surface area contributed by atoms with Crippen LogP contribution in [0.3, 0.4) is 0 Å². The van der Waals surface area contributed by atoms with Gasteiger partial charge < -0.3 is 114 Å². The van der Waals surface area contributed by atoms with Crippen molar-refractivity contribution < 1.29 is 114 Å². The van der Waals surface area contributed by atoms with Crippen LogP contribution in [-0.4, -0.2) is 244 Å². The summed E-state index contributed by atoms with van der Waals surface area (Å²) < 4.78 is 48.6. The van der Waals surface area contributed by atoms with Crippen molar-refractivity contribution in [3.63, 3.8) is 0 Å². The van der Waals surface area contributed by atoms with Gasteiger partial charge in [-0.3, -0.25) is 0 Å². The van der Waals surface area contributed by atoms with Gasteiger partial charge in [0.25, 0.3) is 0 Å². The molecule has 4 saturated carbocycles. The average molecular weight is 1100 g/mol. The molecule has 76 heavy (non-hydrogen) atoms. The zero-order valence-electron chi connectivity index (χ0n) is 44.9. The summed E-state index contributed by atoms with van der Waals surface area (Å²) in [5, 5.41) is 162. The Morgan fingerprint density at radius 3 is 1.82 bits per heavy atom. The van der Waals surface area contributed by atoms with Crippen molar-refractivity contribution in [2.45, 2.75) is 247 Å². The van der Waals surface area contributed by atoms with Gasteiger partial charge in [0, 0.05) is 0 Å². The molecule has 0 unspecified atom stereocenters. The first-order valence-corrected chi connectivity index (χ1v) is 27.4. The Balaban J connectivity index is 1.02. The van der Waals surface area contributed by atoms with Crippen LogP contribution >= 0.6 is 0 Å². The van der Waals surface area contributed by atoms with Crippen LogP contribution in [-0.2, 0) is 37.9 Å². The molecule has 440 valence electrons. The standard InChI is InChI=1S/C53H90O23/c1-22(2)24(56)10-16-53(8,76-47-43(68)39(64)37(62)29(73-47)21-70-45-41(66)34(59)26(58)20-69-45)23-9-14-52(7)33(23)25(57)17-31-50(5)13-12-32(49(3,4)30(50)11-15-51(31,52)6)74-48-44(40(65)36(61)28(19-55)72-48)75-46-42(67)38(63)35(60)27(18-54)71-46/h23-48,54-68H,1,9-21H2,2-8H3/t23-,24-,25+,26+,27+,28+,29+,30+,31+,32-,33-,34-,35+,36+,37+,38-,39-,40-,41+,42+,43+,44+,45-,46-,47-,48-,50-,51+,52+,53-/m0/s1. The van der Waals surface area contributed by atoms with Crippen molar-refractivity contribution in [1.82, 2.24) is 0 Å².